The van der Waals surface area contributed by atoms with E-state index < -0.39 is 57.3 Å². The quantitative estimate of drug-likeness (QED) is 0.600. The third-order valence-electron chi connectivity index (χ3n) is 3.54. The third kappa shape index (κ3) is 6.85. The third-order valence-corrected chi connectivity index (χ3v) is 5.81. The second-order valence-corrected chi connectivity index (χ2v) is 8.74. The van der Waals surface area contributed by atoms with Crippen LogP contribution in [0.2, 0.25) is 10.0 Å². The number of esters is 1. The first-order chi connectivity index (χ1) is 13.9. The molecule has 1 amide bonds. The fraction of sp³-hybridized carbons (Fsp3) is 0.235. The number of benzene rings is 1. The van der Waals surface area contributed by atoms with E-state index in [1.165, 1.54) is 24.3 Å². The summed E-state index contributed by atoms with van der Waals surface area (Å²) in [6, 6.07) is 5.93. The fourth-order valence-electron chi connectivity index (χ4n) is 2.05. The van der Waals surface area contributed by atoms with Gasteiger partial charge in [-0.15, -0.1) is 0 Å². The number of sulfone groups is 1. The Morgan fingerprint density at radius 2 is 1.77 bits per heavy atom. The second kappa shape index (κ2) is 9.63. The molecule has 0 aliphatic carbocycles. The molecular formula is C17H13Cl2F3N2O5S. The first kappa shape index (κ1) is 23.9. The van der Waals surface area contributed by atoms with Crippen LogP contribution < -0.4 is 5.32 Å². The lowest BCUT2D eigenvalue weighted by Gasteiger charge is -2.10. The molecular weight excluding hydrogens is 472 g/mol. The number of carbonyl (C=O) groups is 2. The van der Waals surface area contributed by atoms with Gasteiger partial charge in [0.05, 0.1) is 27.7 Å². The van der Waals surface area contributed by atoms with Crippen LogP contribution in [0.5, 0.6) is 0 Å². The van der Waals surface area contributed by atoms with E-state index in [1.54, 1.807) is 0 Å². The smallest absolute Gasteiger partial charge is 0.417 e. The molecule has 0 fully saturated rings. The number of anilines is 1. The summed E-state index contributed by atoms with van der Waals surface area (Å²) >= 11 is 11.3. The molecule has 0 saturated heterocycles. The van der Waals surface area contributed by atoms with E-state index in [2.05, 4.69) is 15.0 Å². The number of nitrogens with one attached hydrogen (secondary N) is 1. The zero-order valence-corrected chi connectivity index (χ0v) is 17.2. The number of pyridine rings is 1. The molecule has 2 aromatic rings. The van der Waals surface area contributed by atoms with Crippen LogP contribution in [0.15, 0.2) is 41.4 Å². The Morgan fingerprint density at radius 1 is 1.13 bits per heavy atom. The van der Waals surface area contributed by atoms with Crippen molar-refractivity contribution < 1.29 is 35.9 Å². The molecule has 1 heterocycles. The Kier molecular flexibility index (Phi) is 7.67. The van der Waals surface area contributed by atoms with Crippen molar-refractivity contribution in [3.8, 4) is 0 Å². The molecule has 1 N–H and O–H groups in total. The summed E-state index contributed by atoms with van der Waals surface area (Å²) in [7, 11) is -3.76. The number of hydrogen-bond donors (Lipinski definition) is 1. The van der Waals surface area contributed by atoms with Gasteiger partial charge in [0, 0.05) is 11.2 Å². The number of aromatic nitrogens is 1. The molecule has 13 heteroatoms. The van der Waals surface area contributed by atoms with E-state index in [0.29, 0.717) is 17.3 Å². The summed E-state index contributed by atoms with van der Waals surface area (Å²) in [4.78, 5) is 26.8. The largest absolute Gasteiger partial charge is 0.456 e. The second-order valence-electron chi connectivity index (χ2n) is 5.78. The van der Waals surface area contributed by atoms with Gasteiger partial charge in [0.15, 0.2) is 22.3 Å². The SMILES string of the molecule is O=C(COC(=O)CCS(=O)(=O)c1ccc(Cl)cc1)Nc1ncc(C(F)(F)F)cc1Cl. The van der Waals surface area contributed by atoms with Gasteiger partial charge in [-0.3, -0.25) is 9.59 Å². The number of carbonyl (C=O) groups excluding carboxylic acids is 2. The predicted molar refractivity (Wildman–Crippen MR) is 102 cm³/mol. The Hall–Kier alpha value is -2.37. The minimum Gasteiger partial charge on any atom is -0.456 e. The summed E-state index contributed by atoms with van der Waals surface area (Å²) in [6.45, 7) is -0.807. The summed E-state index contributed by atoms with van der Waals surface area (Å²) < 4.78 is 66.6. The maximum atomic E-state index is 12.6. The molecule has 0 bridgehead atoms. The summed E-state index contributed by atoms with van der Waals surface area (Å²) in [6.07, 6.45) is -4.69. The average molecular weight is 485 g/mol. The molecule has 2 rings (SSSR count). The average Bonchev–Trinajstić information content (AvgIpc) is 2.66. The van der Waals surface area contributed by atoms with E-state index in [4.69, 9.17) is 23.2 Å². The summed E-state index contributed by atoms with van der Waals surface area (Å²) in [5.74, 6) is -2.79. The van der Waals surface area contributed by atoms with E-state index in [0.717, 1.165) is 0 Å². The van der Waals surface area contributed by atoms with Crippen LogP contribution in [-0.4, -0.2) is 37.6 Å². The van der Waals surface area contributed by atoms with Crippen molar-refractivity contribution in [1.29, 1.82) is 0 Å². The summed E-state index contributed by atoms with van der Waals surface area (Å²) in [5, 5.41) is 1.98. The van der Waals surface area contributed by atoms with Crippen molar-refractivity contribution in [2.45, 2.75) is 17.5 Å². The van der Waals surface area contributed by atoms with E-state index >= 15 is 0 Å². The molecule has 1 aromatic carbocycles. The maximum absolute atomic E-state index is 12.6. The lowest BCUT2D eigenvalue weighted by Crippen LogP contribution is -2.23. The van der Waals surface area contributed by atoms with Gasteiger partial charge < -0.3 is 10.1 Å². The molecule has 0 atom stereocenters. The van der Waals surface area contributed by atoms with Gasteiger partial charge in [0.2, 0.25) is 0 Å². The van der Waals surface area contributed by atoms with Gasteiger partial charge >= 0.3 is 12.1 Å². The first-order valence-corrected chi connectivity index (χ1v) is 10.5. The van der Waals surface area contributed by atoms with Gasteiger partial charge in [-0.1, -0.05) is 23.2 Å². The molecule has 0 unspecified atom stereocenters. The standard InChI is InChI=1S/C17H13Cl2F3N2O5S/c18-11-1-3-12(4-2-11)30(27,28)6-5-15(26)29-9-14(25)24-16-13(19)7-10(8-23-16)17(20,21)22/h1-4,7-8H,5-6,9H2,(H,23,24,25). The molecule has 0 saturated carbocycles. The molecule has 162 valence electrons. The normalized spacial score (nSPS) is 11.8. The number of hydrogen-bond acceptors (Lipinski definition) is 6. The van der Waals surface area contributed by atoms with Crippen molar-refractivity contribution in [3.05, 3.63) is 52.1 Å². The fourth-order valence-corrected chi connectivity index (χ4v) is 3.61. The van der Waals surface area contributed by atoms with Crippen molar-refractivity contribution in [2.24, 2.45) is 0 Å². The summed E-state index contributed by atoms with van der Waals surface area (Å²) in [5.41, 5.74) is -1.10. The van der Waals surface area contributed by atoms with Crippen molar-refractivity contribution in [3.63, 3.8) is 0 Å². The molecule has 7 nitrogen and oxygen atoms in total. The Morgan fingerprint density at radius 3 is 2.33 bits per heavy atom. The predicted octanol–water partition coefficient (Wildman–Crippen LogP) is 3.75. The van der Waals surface area contributed by atoms with E-state index in [1.807, 2.05) is 0 Å². The molecule has 0 aliphatic rings. The van der Waals surface area contributed by atoms with Crippen LogP contribution in [0.25, 0.3) is 0 Å². The Labute approximate surface area is 179 Å². The van der Waals surface area contributed by atoms with Crippen LogP contribution in [0.3, 0.4) is 0 Å². The monoisotopic (exact) mass is 484 g/mol. The van der Waals surface area contributed by atoms with E-state index in [9.17, 15) is 31.2 Å². The number of halogens is 5. The lowest BCUT2D eigenvalue weighted by atomic mass is 10.3. The maximum Gasteiger partial charge on any atom is 0.417 e. The van der Waals surface area contributed by atoms with Crippen LogP contribution in [-0.2, 0) is 30.3 Å². The minimum atomic E-state index is -4.65. The number of amides is 1. The van der Waals surface area contributed by atoms with Crippen LogP contribution in [0.4, 0.5) is 19.0 Å². The highest BCUT2D eigenvalue weighted by Gasteiger charge is 2.31. The highest BCUT2D eigenvalue weighted by Crippen LogP contribution is 2.32. The number of rotatable bonds is 7. The van der Waals surface area contributed by atoms with Crippen LogP contribution in [0.1, 0.15) is 12.0 Å². The topological polar surface area (TPSA) is 102 Å². The van der Waals surface area contributed by atoms with Crippen molar-refractivity contribution in [2.75, 3.05) is 17.7 Å². The zero-order valence-electron chi connectivity index (χ0n) is 14.9. The molecule has 0 radical (unpaired) electrons. The van der Waals surface area contributed by atoms with E-state index in [-0.39, 0.29) is 10.7 Å². The zero-order chi connectivity index (χ0) is 22.5. The van der Waals surface area contributed by atoms with Gasteiger partial charge in [0.25, 0.3) is 5.91 Å². The highest BCUT2D eigenvalue weighted by molar-refractivity contribution is 7.91. The lowest BCUT2D eigenvalue weighted by molar-refractivity contribution is -0.146. The Bertz CT molecular complexity index is 1040. The highest BCUT2D eigenvalue weighted by atomic mass is 35.5. The number of ether oxygens (including phenoxy) is 1. The van der Waals surface area contributed by atoms with Crippen LogP contribution in [0, 0.1) is 0 Å². The number of nitrogens with zero attached hydrogens (tertiary/aromatic N) is 1. The first-order valence-electron chi connectivity index (χ1n) is 8.05. The molecule has 30 heavy (non-hydrogen) atoms. The van der Waals surface area contributed by atoms with Crippen molar-refractivity contribution >= 4 is 50.7 Å². The molecule has 0 spiro atoms. The van der Waals surface area contributed by atoms with Gasteiger partial charge in [-0.25, -0.2) is 13.4 Å². The van der Waals surface area contributed by atoms with Gasteiger partial charge in [-0.05, 0) is 30.3 Å². The van der Waals surface area contributed by atoms with Crippen LogP contribution >= 0.6 is 23.2 Å². The molecule has 0 aliphatic heterocycles. The Balaban J connectivity index is 1.85. The van der Waals surface area contributed by atoms with Crippen molar-refractivity contribution in [1.82, 2.24) is 4.98 Å². The van der Waals surface area contributed by atoms with Gasteiger partial charge in [0.1, 0.15) is 0 Å². The minimum absolute atomic E-state index is 0.0273. The van der Waals surface area contributed by atoms with Gasteiger partial charge in [-0.2, -0.15) is 13.2 Å². The number of alkyl halides is 3. The molecule has 1 aromatic heterocycles.